The summed E-state index contributed by atoms with van der Waals surface area (Å²) in [6.45, 7) is 6.49. The van der Waals surface area contributed by atoms with E-state index in [0.717, 1.165) is 5.56 Å². The van der Waals surface area contributed by atoms with Gasteiger partial charge in [0, 0.05) is 13.1 Å². The highest BCUT2D eigenvalue weighted by Crippen LogP contribution is 2.25. The number of carbonyl (C=O) groups excluding carboxylic acids is 2. The summed E-state index contributed by atoms with van der Waals surface area (Å²) < 4.78 is 10.9. The number of carbonyl (C=O) groups is 2. The van der Waals surface area contributed by atoms with Gasteiger partial charge in [0.2, 0.25) is 5.91 Å². The molecule has 0 aliphatic rings. The fourth-order valence-electron chi connectivity index (χ4n) is 2.78. The van der Waals surface area contributed by atoms with E-state index in [9.17, 15) is 9.59 Å². The van der Waals surface area contributed by atoms with Gasteiger partial charge in [0.15, 0.2) is 18.1 Å². The summed E-state index contributed by atoms with van der Waals surface area (Å²) in [7, 11) is 1.55. The van der Waals surface area contributed by atoms with Gasteiger partial charge in [0.05, 0.1) is 7.11 Å². The molecule has 2 aromatic carbocycles. The van der Waals surface area contributed by atoms with E-state index >= 15 is 0 Å². The number of methoxy groups -OCH3 is 1. The van der Waals surface area contributed by atoms with Crippen molar-refractivity contribution < 1.29 is 19.1 Å². The second kappa shape index (κ2) is 11.1. The van der Waals surface area contributed by atoms with Crippen LogP contribution in [0.15, 0.2) is 54.6 Å². The van der Waals surface area contributed by atoms with Gasteiger partial charge in [-0.05, 0) is 30.5 Å². The van der Waals surface area contributed by atoms with Crippen LogP contribution in [0.5, 0.6) is 11.5 Å². The molecule has 0 aliphatic heterocycles. The first-order valence-electron chi connectivity index (χ1n) is 9.79. The molecule has 0 saturated carbocycles. The topological polar surface area (TPSA) is 67.9 Å². The van der Waals surface area contributed by atoms with Gasteiger partial charge in [-0.15, -0.1) is 0 Å². The van der Waals surface area contributed by atoms with Gasteiger partial charge in [0.25, 0.3) is 5.91 Å². The molecule has 6 nitrogen and oxygen atoms in total. The van der Waals surface area contributed by atoms with Crippen molar-refractivity contribution in [2.75, 3.05) is 20.3 Å². The Morgan fingerprint density at radius 3 is 2.21 bits per heavy atom. The maximum atomic E-state index is 13.0. The van der Waals surface area contributed by atoms with Crippen LogP contribution in [0.25, 0.3) is 0 Å². The maximum Gasteiger partial charge on any atom is 0.261 e. The average Bonchev–Trinajstić information content (AvgIpc) is 2.74. The standard InChI is InChI=1S/C23H30N2O4/c1-17(2)14-24-23(27)18(3)25(15-19-10-6-5-7-11-19)22(26)16-29-21-13-9-8-12-20(21)28-4/h5-13,17-18H,14-16H2,1-4H3,(H,24,27). The molecule has 0 fully saturated rings. The van der Waals surface area contributed by atoms with Crippen molar-refractivity contribution in [1.82, 2.24) is 10.2 Å². The lowest BCUT2D eigenvalue weighted by Crippen LogP contribution is -2.49. The minimum Gasteiger partial charge on any atom is -0.493 e. The van der Waals surface area contributed by atoms with E-state index < -0.39 is 6.04 Å². The number of nitrogens with one attached hydrogen (secondary N) is 1. The summed E-state index contributed by atoms with van der Waals surface area (Å²) in [6.07, 6.45) is 0. The molecule has 0 radical (unpaired) electrons. The largest absolute Gasteiger partial charge is 0.493 e. The fourth-order valence-corrected chi connectivity index (χ4v) is 2.78. The van der Waals surface area contributed by atoms with E-state index in [-0.39, 0.29) is 18.4 Å². The molecule has 156 valence electrons. The van der Waals surface area contributed by atoms with E-state index in [1.165, 1.54) is 0 Å². The van der Waals surface area contributed by atoms with Gasteiger partial charge in [-0.2, -0.15) is 0 Å². The molecule has 1 N–H and O–H groups in total. The third kappa shape index (κ3) is 6.82. The SMILES string of the molecule is COc1ccccc1OCC(=O)N(Cc1ccccc1)C(C)C(=O)NCC(C)C. The molecular weight excluding hydrogens is 368 g/mol. The van der Waals surface area contributed by atoms with E-state index in [0.29, 0.717) is 30.5 Å². The first-order chi connectivity index (χ1) is 13.9. The second-order valence-corrected chi connectivity index (χ2v) is 7.26. The first kappa shape index (κ1) is 22.3. The molecule has 0 bridgehead atoms. The number of rotatable bonds is 10. The third-order valence-corrected chi connectivity index (χ3v) is 4.47. The Morgan fingerprint density at radius 1 is 0.966 bits per heavy atom. The van der Waals surface area contributed by atoms with Gasteiger partial charge in [-0.1, -0.05) is 56.3 Å². The molecule has 2 rings (SSSR count). The molecule has 2 aromatic rings. The molecule has 0 saturated heterocycles. The summed E-state index contributed by atoms with van der Waals surface area (Å²) in [5.41, 5.74) is 0.946. The Hall–Kier alpha value is -3.02. The van der Waals surface area contributed by atoms with Gasteiger partial charge in [0.1, 0.15) is 6.04 Å². The predicted molar refractivity (Wildman–Crippen MR) is 113 cm³/mol. The quantitative estimate of drug-likeness (QED) is 0.667. The van der Waals surface area contributed by atoms with Crippen LogP contribution in [0.2, 0.25) is 0 Å². The van der Waals surface area contributed by atoms with Gasteiger partial charge >= 0.3 is 0 Å². The van der Waals surface area contributed by atoms with E-state index in [1.54, 1.807) is 31.1 Å². The fraction of sp³-hybridized carbons (Fsp3) is 0.391. The average molecular weight is 399 g/mol. The van der Waals surface area contributed by atoms with Crippen molar-refractivity contribution in [3.05, 3.63) is 60.2 Å². The van der Waals surface area contributed by atoms with Gasteiger partial charge in [-0.25, -0.2) is 0 Å². The molecule has 1 unspecified atom stereocenters. The van der Waals surface area contributed by atoms with Crippen LogP contribution in [-0.4, -0.2) is 43.0 Å². The van der Waals surface area contributed by atoms with Crippen LogP contribution in [-0.2, 0) is 16.1 Å². The number of ether oxygens (including phenoxy) is 2. The summed E-state index contributed by atoms with van der Waals surface area (Å²) in [6, 6.07) is 16.1. The Morgan fingerprint density at radius 2 is 1.59 bits per heavy atom. The molecule has 0 aromatic heterocycles. The lowest BCUT2D eigenvalue weighted by Gasteiger charge is -2.29. The van der Waals surface area contributed by atoms with Crippen molar-refractivity contribution in [2.45, 2.75) is 33.4 Å². The smallest absolute Gasteiger partial charge is 0.261 e. The number of amides is 2. The Labute approximate surface area is 172 Å². The number of hydrogen-bond donors (Lipinski definition) is 1. The monoisotopic (exact) mass is 398 g/mol. The van der Waals surface area contributed by atoms with Crippen LogP contribution in [0.4, 0.5) is 0 Å². The summed E-state index contributed by atoms with van der Waals surface area (Å²) in [5, 5.41) is 2.90. The third-order valence-electron chi connectivity index (χ3n) is 4.47. The molecule has 2 amide bonds. The lowest BCUT2D eigenvalue weighted by atomic mass is 10.1. The molecule has 1 atom stereocenters. The maximum absolute atomic E-state index is 13.0. The van der Waals surface area contributed by atoms with Crippen LogP contribution < -0.4 is 14.8 Å². The zero-order chi connectivity index (χ0) is 21.2. The zero-order valence-electron chi connectivity index (χ0n) is 17.6. The molecule has 0 aliphatic carbocycles. The minimum absolute atomic E-state index is 0.180. The normalized spacial score (nSPS) is 11.6. The molecule has 6 heteroatoms. The number of nitrogens with zero attached hydrogens (tertiary/aromatic N) is 1. The lowest BCUT2D eigenvalue weighted by molar-refractivity contribution is -0.142. The Kier molecular flexibility index (Phi) is 8.52. The summed E-state index contributed by atoms with van der Waals surface area (Å²) in [4.78, 5) is 27.1. The summed E-state index contributed by atoms with van der Waals surface area (Å²) in [5.74, 6) is 0.920. The van der Waals surface area contributed by atoms with Crippen molar-refractivity contribution >= 4 is 11.8 Å². The van der Waals surface area contributed by atoms with Crippen LogP contribution >= 0.6 is 0 Å². The predicted octanol–water partition coefficient (Wildman–Crippen LogP) is 3.26. The number of hydrogen-bond acceptors (Lipinski definition) is 4. The second-order valence-electron chi connectivity index (χ2n) is 7.26. The van der Waals surface area contributed by atoms with Crippen LogP contribution in [0.3, 0.4) is 0 Å². The Bertz CT molecular complexity index is 792. The number of benzene rings is 2. The van der Waals surface area contributed by atoms with E-state index in [2.05, 4.69) is 5.32 Å². The molecule has 0 heterocycles. The molecular formula is C23H30N2O4. The van der Waals surface area contributed by atoms with Gasteiger partial charge in [-0.3, -0.25) is 9.59 Å². The Balaban J connectivity index is 2.12. The van der Waals surface area contributed by atoms with Crippen molar-refractivity contribution in [2.24, 2.45) is 5.92 Å². The molecule has 0 spiro atoms. The highest BCUT2D eigenvalue weighted by molar-refractivity contribution is 5.88. The zero-order valence-corrected chi connectivity index (χ0v) is 17.6. The highest BCUT2D eigenvalue weighted by Gasteiger charge is 2.26. The van der Waals surface area contributed by atoms with Crippen LogP contribution in [0.1, 0.15) is 26.3 Å². The highest BCUT2D eigenvalue weighted by atomic mass is 16.5. The number of para-hydroxylation sites is 2. The first-order valence-corrected chi connectivity index (χ1v) is 9.79. The minimum atomic E-state index is -0.622. The van der Waals surface area contributed by atoms with Gasteiger partial charge < -0.3 is 19.7 Å². The van der Waals surface area contributed by atoms with Crippen LogP contribution in [0, 0.1) is 5.92 Å². The van der Waals surface area contributed by atoms with Crippen molar-refractivity contribution in [1.29, 1.82) is 0 Å². The summed E-state index contributed by atoms with van der Waals surface area (Å²) >= 11 is 0. The van der Waals surface area contributed by atoms with Crippen molar-refractivity contribution in [3.63, 3.8) is 0 Å². The van der Waals surface area contributed by atoms with E-state index in [4.69, 9.17) is 9.47 Å². The molecule has 29 heavy (non-hydrogen) atoms. The van der Waals surface area contributed by atoms with Crippen molar-refractivity contribution in [3.8, 4) is 11.5 Å². The van der Waals surface area contributed by atoms with E-state index in [1.807, 2.05) is 56.3 Å².